The molecule has 0 aliphatic carbocycles. The van der Waals surface area contributed by atoms with Gasteiger partial charge in [0.15, 0.2) is 22.5 Å². The molecule has 14 heteroatoms. The maximum atomic E-state index is 13.9. The van der Waals surface area contributed by atoms with Gasteiger partial charge in [0.05, 0.1) is 45.4 Å². The predicted octanol–water partition coefficient (Wildman–Crippen LogP) is 5.97. The van der Waals surface area contributed by atoms with Crippen LogP contribution in [0.25, 0.3) is 5.69 Å². The van der Waals surface area contributed by atoms with Crippen LogP contribution in [0.3, 0.4) is 0 Å². The molecular formula is C36H32F2N6O5S. The van der Waals surface area contributed by atoms with Crippen molar-refractivity contribution in [3.05, 3.63) is 125 Å². The van der Waals surface area contributed by atoms with E-state index in [0.717, 1.165) is 22.9 Å². The number of hydrogen-bond donors (Lipinski definition) is 1. The summed E-state index contributed by atoms with van der Waals surface area (Å²) < 4.78 is 45.2. The SMILES string of the molecule is COc1ccc(C2=NN(C(=O)CSc3nnc(CNC(=O)c4ccc(OC)c(OC)c4)n3-c3ccc(F)cc3)[C@H](c3ccc(F)cc3)C2)cc1. The zero-order valence-electron chi connectivity index (χ0n) is 27.3. The number of amides is 2. The molecule has 0 fully saturated rings. The summed E-state index contributed by atoms with van der Waals surface area (Å²) in [5.41, 5.74) is 3.14. The van der Waals surface area contributed by atoms with Gasteiger partial charge in [-0.2, -0.15) is 5.10 Å². The summed E-state index contributed by atoms with van der Waals surface area (Å²) in [6.07, 6.45) is 0.421. The molecule has 1 aliphatic rings. The normalized spacial score (nSPS) is 13.9. The number of hydrogen-bond acceptors (Lipinski definition) is 9. The number of halogens is 2. The molecule has 2 heterocycles. The monoisotopic (exact) mass is 698 g/mol. The summed E-state index contributed by atoms with van der Waals surface area (Å²) in [6.45, 7) is -0.0274. The zero-order chi connectivity index (χ0) is 35.2. The fraction of sp³-hybridized carbons (Fsp3) is 0.194. The molecule has 0 bridgehead atoms. The molecule has 256 valence electrons. The van der Waals surface area contributed by atoms with E-state index in [2.05, 4.69) is 15.5 Å². The van der Waals surface area contributed by atoms with E-state index in [0.29, 0.717) is 51.6 Å². The summed E-state index contributed by atoms with van der Waals surface area (Å²) >= 11 is 1.12. The third-order valence-electron chi connectivity index (χ3n) is 8.01. The Kier molecular flexibility index (Phi) is 10.4. The molecule has 0 saturated carbocycles. The predicted molar refractivity (Wildman–Crippen MR) is 183 cm³/mol. The van der Waals surface area contributed by atoms with Crippen molar-refractivity contribution in [2.45, 2.75) is 24.2 Å². The lowest BCUT2D eigenvalue weighted by Gasteiger charge is -2.22. The van der Waals surface area contributed by atoms with E-state index in [1.165, 1.54) is 43.5 Å². The van der Waals surface area contributed by atoms with Gasteiger partial charge in [-0.25, -0.2) is 13.8 Å². The van der Waals surface area contributed by atoms with Crippen LogP contribution in [0.5, 0.6) is 17.2 Å². The number of nitrogens with one attached hydrogen (secondary N) is 1. The first-order valence-corrected chi connectivity index (χ1v) is 16.4. The fourth-order valence-electron chi connectivity index (χ4n) is 5.43. The maximum absolute atomic E-state index is 13.9. The Morgan fingerprint density at radius 1 is 0.840 bits per heavy atom. The van der Waals surface area contributed by atoms with Crippen LogP contribution in [0.1, 0.15) is 39.8 Å². The van der Waals surface area contributed by atoms with Gasteiger partial charge in [-0.3, -0.25) is 14.2 Å². The van der Waals surface area contributed by atoms with Gasteiger partial charge in [0.25, 0.3) is 11.8 Å². The van der Waals surface area contributed by atoms with Crippen LogP contribution < -0.4 is 19.5 Å². The molecule has 5 aromatic rings. The summed E-state index contributed by atoms with van der Waals surface area (Å²) in [5.74, 6) is 0.333. The van der Waals surface area contributed by atoms with E-state index in [1.807, 2.05) is 24.3 Å². The number of nitrogens with zero attached hydrogens (tertiary/aromatic N) is 5. The topological polar surface area (TPSA) is 120 Å². The smallest absolute Gasteiger partial charge is 0.253 e. The first-order chi connectivity index (χ1) is 24.3. The van der Waals surface area contributed by atoms with Gasteiger partial charge in [-0.15, -0.1) is 10.2 Å². The maximum Gasteiger partial charge on any atom is 0.253 e. The standard InChI is InChI=1S/C36H32F2N6O5S/c1-47-28-15-6-22(7-16-28)29-19-30(23-4-9-25(37)10-5-23)44(42-29)34(45)21-50-36-41-40-33(43(36)27-13-11-26(38)12-14-27)20-39-35(46)24-8-17-31(48-2)32(18-24)49-3/h4-18,30H,19-21H2,1-3H3,(H,39,46)/t30-/m0/s1. The quantitative estimate of drug-likeness (QED) is 0.158. The number of methoxy groups -OCH3 is 3. The van der Waals surface area contributed by atoms with Crippen molar-refractivity contribution in [2.75, 3.05) is 27.1 Å². The third kappa shape index (κ3) is 7.44. The molecule has 0 saturated heterocycles. The van der Waals surface area contributed by atoms with Crippen molar-refractivity contribution in [2.24, 2.45) is 5.10 Å². The number of benzene rings is 4. The lowest BCUT2D eigenvalue weighted by molar-refractivity contribution is -0.130. The van der Waals surface area contributed by atoms with E-state index >= 15 is 0 Å². The van der Waals surface area contributed by atoms with Crippen LogP contribution in [-0.4, -0.2) is 64.4 Å². The van der Waals surface area contributed by atoms with E-state index in [4.69, 9.17) is 19.3 Å². The first kappa shape index (κ1) is 34.1. The molecule has 0 radical (unpaired) electrons. The second kappa shape index (κ2) is 15.2. The highest BCUT2D eigenvalue weighted by molar-refractivity contribution is 7.99. The van der Waals surface area contributed by atoms with Crippen LogP contribution in [-0.2, 0) is 11.3 Å². The Balaban J connectivity index is 1.23. The average Bonchev–Trinajstić information content (AvgIpc) is 3.78. The lowest BCUT2D eigenvalue weighted by Crippen LogP contribution is -2.28. The van der Waals surface area contributed by atoms with Crippen molar-refractivity contribution in [3.63, 3.8) is 0 Å². The molecular weight excluding hydrogens is 666 g/mol. The van der Waals surface area contributed by atoms with E-state index in [-0.39, 0.29) is 24.0 Å². The molecule has 6 rings (SSSR count). The molecule has 50 heavy (non-hydrogen) atoms. The molecule has 2 amide bonds. The van der Waals surface area contributed by atoms with Gasteiger partial charge in [-0.1, -0.05) is 23.9 Å². The second-order valence-electron chi connectivity index (χ2n) is 11.0. The summed E-state index contributed by atoms with van der Waals surface area (Å²) in [5, 5.41) is 17.9. The summed E-state index contributed by atoms with van der Waals surface area (Å²) in [7, 11) is 4.57. The molecule has 1 aromatic heterocycles. The highest BCUT2D eigenvalue weighted by atomic mass is 32.2. The number of thioether (sulfide) groups is 1. The Morgan fingerprint density at radius 3 is 2.18 bits per heavy atom. The van der Waals surface area contributed by atoms with Gasteiger partial charge in [-0.05, 0) is 90.0 Å². The summed E-state index contributed by atoms with van der Waals surface area (Å²) in [6, 6.07) is 23.4. The molecule has 11 nitrogen and oxygen atoms in total. The molecule has 0 unspecified atom stereocenters. The van der Waals surface area contributed by atoms with Crippen molar-refractivity contribution >= 4 is 29.3 Å². The van der Waals surface area contributed by atoms with Gasteiger partial charge >= 0.3 is 0 Å². The first-order valence-electron chi connectivity index (χ1n) is 15.4. The molecule has 1 N–H and O–H groups in total. The number of aromatic nitrogens is 3. The zero-order valence-corrected chi connectivity index (χ0v) is 28.1. The van der Waals surface area contributed by atoms with Crippen molar-refractivity contribution in [3.8, 4) is 22.9 Å². The highest BCUT2D eigenvalue weighted by Gasteiger charge is 2.33. The van der Waals surface area contributed by atoms with Crippen LogP contribution in [0, 0.1) is 11.6 Å². The van der Waals surface area contributed by atoms with E-state index in [9.17, 15) is 18.4 Å². The minimum absolute atomic E-state index is 0.0274. The third-order valence-corrected chi connectivity index (χ3v) is 8.92. The van der Waals surface area contributed by atoms with Gasteiger partial charge in [0.2, 0.25) is 0 Å². The van der Waals surface area contributed by atoms with E-state index in [1.54, 1.807) is 54.1 Å². The fourth-order valence-corrected chi connectivity index (χ4v) is 6.26. The Labute approximate surface area is 290 Å². The van der Waals surface area contributed by atoms with Crippen molar-refractivity contribution < 1.29 is 32.6 Å². The summed E-state index contributed by atoms with van der Waals surface area (Å²) in [4.78, 5) is 26.9. The van der Waals surface area contributed by atoms with Crippen molar-refractivity contribution in [1.29, 1.82) is 0 Å². The molecule has 1 atom stereocenters. The van der Waals surface area contributed by atoms with Crippen LogP contribution in [0.2, 0.25) is 0 Å². The van der Waals surface area contributed by atoms with E-state index < -0.39 is 17.8 Å². The second-order valence-corrected chi connectivity index (χ2v) is 12.0. The van der Waals surface area contributed by atoms with Crippen LogP contribution in [0.15, 0.2) is 101 Å². The largest absolute Gasteiger partial charge is 0.497 e. The minimum Gasteiger partial charge on any atom is -0.497 e. The number of hydrazone groups is 1. The number of ether oxygens (including phenoxy) is 3. The van der Waals surface area contributed by atoms with Crippen LogP contribution in [0.4, 0.5) is 8.78 Å². The molecule has 4 aromatic carbocycles. The van der Waals surface area contributed by atoms with Gasteiger partial charge in [0, 0.05) is 17.7 Å². The lowest BCUT2D eigenvalue weighted by atomic mass is 9.98. The average molecular weight is 699 g/mol. The minimum atomic E-state index is -0.460. The highest BCUT2D eigenvalue weighted by Crippen LogP contribution is 2.35. The van der Waals surface area contributed by atoms with Crippen LogP contribution >= 0.6 is 11.8 Å². The number of carbonyl (C=O) groups is 2. The Bertz CT molecular complexity index is 2020. The number of rotatable bonds is 12. The van der Waals surface area contributed by atoms with Crippen molar-refractivity contribution in [1.82, 2.24) is 25.1 Å². The Morgan fingerprint density at radius 2 is 1.52 bits per heavy atom. The van der Waals surface area contributed by atoms with Gasteiger partial charge < -0.3 is 19.5 Å². The van der Waals surface area contributed by atoms with Gasteiger partial charge in [0.1, 0.15) is 17.4 Å². The molecule has 1 aliphatic heterocycles. The Hall–Kier alpha value is -5.76. The number of carbonyl (C=O) groups excluding carboxylic acids is 2. The molecule has 0 spiro atoms.